The second kappa shape index (κ2) is 7.06. The summed E-state index contributed by atoms with van der Waals surface area (Å²) in [6, 6.07) is 3.80. The molecule has 0 saturated carbocycles. The second-order valence-corrected chi connectivity index (χ2v) is 5.38. The SMILES string of the molecule is CC1CCN(C(N)=NCc2ccnc3ccnn23)CC1.I. The fraction of sp³-hybridized carbons (Fsp3) is 0.500. The molecule has 21 heavy (non-hydrogen) atoms. The maximum absolute atomic E-state index is 6.09. The summed E-state index contributed by atoms with van der Waals surface area (Å²) in [6.07, 6.45) is 5.90. The predicted octanol–water partition coefficient (Wildman–Crippen LogP) is 1.89. The van der Waals surface area contributed by atoms with Gasteiger partial charge >= 0.3 is 0 Å². The van der Waals surface area contributed by atoms with Crippen molar-refractivity contribution in [3.05, 3.63) is 30.2 Å². The van der Waals surface area contributed by atoms with Crippen molar-refractivity contribution in [1.82, 2.24) is 19.5 Å². The Bertz CT molecular complexity index is 615. The summed E-state index contributed by atoms with van der Waals surface area (Å²) in [6.45, 7) is 4.82. The van der Waals surface area contributed by atoms with Gasteiger partial charge in [-0.2, -0.15) is 5.10 Å². The van der Waals surface area contributed by atoms with Crippen LogP contribution in [0.3, 0.4) is 0 Å². The largest absolute Gasteiger partial charge is 0.370 e. The molecular weight excluding hydrogens is 379 g/mol. The molecule has 1 aliphatic heterocycles. The van der Waals surface area contributed by atoms with Crippen molar-refractivity contribution in [2.75, 3.05) is 13.1 Å². The summed E-state index contributed by atoms with van der Waals surface area (Å²) in [5, 5.41) is 4.25. The van der Waals surface area contributed by atoms with Crippen LogP contribution in [0.2, 0.25) is 0 Å². The molecule has 6 nitrogen and oxygen atoms in total. The van der Waals surface area contributed by atoms with E-state index in [9.17, 15) is 0 Å². The summed E-state index contributed by atoms with van der Waals surface area (Å²) in [5.74, 6) is 1.43. The van der Waals surface area contributed by atoms with Gasteiger partial charge in [-0.15, -0.1) is 24.0 Å². The van der Waals surface area contributed by atoms with Crippen LogP contribution in [0.4, 0.5) is 0 Å². The standard InChI is InChI=1S/C14H20N6.HI/c1-11-4-8-19(9-5-11)14(15)17-10-12-2-6-16-13-3-7-18-20(12)13;/h2-3,6-7,11H,4-5,8-10H2,1H3,(H2,15,17);1H. The molecule has 0 bridgehead atoms. The lowest BCUT2D eigenvalue weighted by molar-refractivity contribution is 0.277. The van der Waals surface area contributed by atoms with Gasteiger partial charge in [0.2, 0.25) is 0 Å². The first-order valence-corrected chi connectivity index (χ1v) is 7.06. The van der Waals surface area contributed by atoms with E-state index in [0.717, 1.165) is 30.3 Å². The van der Waals surface area contributed by atoms with Gasteiger partial charge in [-0.05, 0) is 24.8 Å². The highest BCUT2D eigenvalue weighted by Crippen LogP contribution is 2.15. The highest BCUT2D eigenvalue weighted by Gasteiger charge is 2.16. The van der Waals surface area contributed by atoms with Crippen molar-refractivity contribution in [1.29, 1.82) is 0 Å². The number of fused-ring (bicyclic) bond motifs is 1. The number of likely N-dealkylation sites (tertiary alicyclic amines) is 1. The van der Waals surface area contributed by atoms with E-state index >= 15 is 0 Å². The Morgan fingerprint density at radius 2 is 2.10 bits per heavy atom. The van der Waals surface area contributed by atoms with Crippen molar-refractivity contribution >= 4 is 35.6 Å². The van der Waals surface area contributed by atoms with Gasteiger partial charge in [0.25, 0.3) is 0 Å². The minimum Gasteiger partial charge on any atom is -0.370 e. The molecule has 2 N–H and O–H groups in total. The molecule has 2 aromatic heterocycles. The monoisotopic (exact) mass is 400 g/mol. The zero-order chi connectivity index (χ0) is 13.9. The number of aromatic nitrogens is 3. The Labute approximate surface area is 141 Å². The number of hydrogen-bond acceptors (Lipinski definition) is 3. The fourth-order valence-corrected chi connectivity index (χ4v) is 2.51. The lowest BCUT2D eigenvalue weighted by Gasteiger charge is -2.31. The number of rotatable bonds is 2. The number of guanidine groups is 1. The number of halogens is 1. The average molecular weight is 400 g/mol. The van der Waals surface area contributed by atoms with Gasteiger partial charge in [0, 0.05) is 25.4 Å². The van der Waals surface area contributed by atoms with Crippen LogP contribution in [-0.4, -0.2) is 38.5 Å². The van der Waals surface area contributed by atoms with Crippen LogP contribution in [0.1, 0.15) is 25.5 Å². The van der Waals surface area contributed by atoms with Crippen molar-refractivity contribution in [3.8, 4) is 0 Å². The number of hydrogen-bond donors (Lipinski definition) is 1. The molecule has 3 rings (SSSR count). The van der Waals surface area contributed by atoms with Gasteiger partial charge in [0.15, 0.2) is 11.6 Å². The normalized spacial score (nSPS) is 17.0. The van der Waals surface area contributed by atoms with Gasteiger partial charge in [0.1, 0.15) is 0 Å². The van der Waals surface area contributed by atoms with Crippen LogP contribution in [-0.2, 0) is 6.54 Å². The molecule has 7 heteroatoms. The van der Waals surface area contributed by atoms with E-state index in [1.54, 1.807) is 16.9 Å². The third-order valence-electron chi connectivity index (χ3n) is 3.88. The van der Waals surface area contributed by atoms with E-state index in [0.29, 0.717) is 12.5 Å². The van der Waals surface area contributed by atoms with Gasteiger partial charge in [-0.3, -0.25) is 0 Å². The molecule has 0 spiro atoms. The molecule has 1 aliphatic rings. The lowest BCUT2D eigenvalue weighted by Crippen LogP contribution is -2.42. The smallest absolute Gasteiger partial charge is 0.191 e. The molecule has 0 aromatic carbocycles. The van der Waals surface area contributed by atoms with Crippen LogP contribution < -0.4 is 5.73 Å². The Morgan fingerprint density at radius 3 is 2.86 bits per heavy atom. The van der Waals surface area contributed by atoms with Gasteiger partial charge < -0.3 is 10.6 Å². The first-order valence-electron chi connectivity index (χ1n) is 7.06. The van der Waals surface area contributed by atoms with E-state index in [1.807, 2.05) is 12.1 Å². The summed E-state index contributed by atoms with van der Waals surface area (Å²) in [7, 11) is 0. The van der Waals surface area contributed by atoms with E-state index in [4.69, 9.17) is 5.73 Å². The molecule has 1 saturated heterocycles. The molecule has 0 atom stereocenters. The lowest BCUT2D eigenvalue weighted by atomic mass is 10.00. The van der Waals surface area contributed by atoms with Crippen molar-refractivity contribution in [3.63, 3.8) is 0 Å². The Hall–Kier alpha value is -1.38. The van der Waals surface area contributed by atoms with Crippen LogP contribution in [0.15, 0.2) is 29.5 Å². The van der Waals surface area contributed by atoms with E-state index in [1.165, 1.54) is 12.8 Å². The van der Waals surface area contributed by atoms with Crippen LogP contribution in [0.5, 0.6) is 0 Å². The van der Waals surface area contributed by atoms with Gasteiger partial charge in [-0.1, -0.05) is 6.92 Å². The molecule has 3 heterocycles. The first-order chi connectivity index (χ1) is 9.74. The van der Waals surface area contributed by atoms with E-state index < -0.39 is 0 Å². The van der Waals surface area contributed by atoms with Crippen LogP contribution >= 0.6 is 24.0 Å². The molecule has 114 valence electrons. The maximum Gasteiger partial charge on any atom is 0.191 e. The highest BCUT2D eigenvalue weighted by atomic mass is 127. The highest BCUT2D eigenvalue weighted by molar-refractivity contribution is 14.0. The molecule has 0 radical (unpaired) electrons. The quantitative estimate of drug-likeness (QED) is 0.475. The van der Waals surface area contributed by atoms with Crippen LogP contribution in [0.25, 0.3) is 5.65 Å². The number of nitrogens with two attached hydrogens (primary N) is 1. The predicted molar refractivity (Wildman–Crippen MR) is 93.7 cm³/mol. The number of nitrogens with zero attached hydrogens (tertiary/aromatic N) is 5. The minimum atomic E-state index is 0. The second-order valence-electron chi connectivity index (χ2n) is 5.38. The molecule has 1 fully saturated rings. The average Bonchev–Trinajstić information content (AvgIpc) is 2.94. The minimum absolute atomic E-state index is 0. The van der Waals surface area contributed by atoms with E-state index in [2.05, 4.69) is 26.9 Å². The Morgan fingerprint density at radius 1 is 1.33 bits per heavy atom. The zero-order valence-electron chi connectivity index (χ0n) is 12.1. The van der Waals surface area contributed by atoms with Crippen molar-refractivity contribution in [2.24, 2.45) is 16.6 Å². The molecule has 0 aliphatic carbocycles. The maximum atomic E-state index is 6.09. The summed E-state index contributed by atoms with van der Waals surface area (Å²) < 4.78 is 1.80. The summed E-state index contributed by atoms with van der Waals surface area (Å²) in [5.41, 5.74) is 7.92. The topological polar surface area (TPSA) is 71.8 Å². The number of aliphatic imine (C=N–C) groups is 1. The van der Waals surface area contributed by atoms with Crippen LogP contribution in [0, 0.1) is 5.92 Å². The van der Waals surface area contributed by atoms with Crippen molar-refractivity contribution in [2.45, 2.75) is 26.3 Å². The third-order valence-corrected chi connectivity index (χ3v) is 3.88. The summed E-state index contributed by atoms with van der Waals surface area (Å²) >= 11 is 0. The Kier molecular flexibility index (Phi) is 5.38. The molecule has 0 amide bonds. The zero-order valence-corrected chi connectivity index (χ0v) is 14.5. The van der Waals surface area contributed by atoms with Gasteiger partial charge in [-0.25, -0.2) is 14.5 Å². The van der Waals surface area contributed by atoms with Gasteiger partial charge in [0.05, 0.1) is 18.4 Å². The first kappa shape index (κ1) is 16.0. The van der Waals surface area contributed by atoms with Crippen molar-refractivity contribution < 1.29 is 0 Å². The molecule has 0 unspecified atom stereocenters. The Balaban J connectivity index is 0.00000161. The van der Waals surface area contributed by atoms with E-state index in [-0.39, 0.29) is 24.0 Å². The fourth-order valence-electron chi connectivity index (χ4n) is 2.51. The summed E-state index contributed by atoms with van der Waals surface area (Å²) in [4.78, 5) is 10.9. The molecule has 2 aromatic rings. The molecular formula is C14H21IN6. The number of piperidine rings is 1. The third kappa shape index (κ3) is 3.63.